The van der Waals surface area contributed by atoms with Crippen molar-refractivity contribution >= 4 is 11.8 Å². The summed E-state index contributed by atoms with van der Waals surface area (Å²) in [5.41, 5.74) is 0.485. The van der Waals surface area contributed by atoms with Crippen LogP contribution in [0, 0.1) is 0 Å². The van der Waals surface area contributed by atoms with Gasteiger partial charge in [0.15, 0.2) is 6.61 Å². The summed E-state index contributed by atoms with van der Waals surface area (Å²) in [4.78, 5) is 36.9. The monoisotopic (exact) mass is 315 g/mol. The third-order valence-electron chi connectivity index (χ3n) is 3.09. The van der Waals surface area contributed by atoms with Gasteiger partial charge in [0.1, 0.15) is 11.3 Å². The van der Waals surface area contributed by atoms with Crippen LogP contribution in [0.1, 0.15) is 15.9 Å². The van der Waals surface area contributed by atoms with Crippen molar-refractivity contribution in [3.05, 3.63) is 64.1 Å². The zero-order valence-corrected chi connectivity index (χ0v) is 12.6. The van der Waals surface area contributed by atoms with Crippen LogP contribution in [0.4, 0.5) is 0 Å². The summed E-state index contributed by atoms with van der Waals surface area (Å²) >= 11 is 0. The first-order chi connectivity index (χ1) is 11.1. The molecule has 0 radical (unpaired) electrons. The Hall–Kier alpha value is -3.09. The lowest BCUT2D eigenvalue weighted by Crippen LogP contribution is -2.28. The molecule has 0 spiro atoms. The molecule has 2 rings (SSSR count). The van der Waals surface area contributed by atoms with E-state index in [1.807, 2.05) is 0 Å². The molecule has 1 aromatic carbocycles. The van der Waals surface area contributed by atoms with Gasteiger partial charge in [-0.05, 0) is 29.8 Å². The summed E-state index contributed by atoms with van der Waals surface area (Å²) in [7, 11) is 1.54. The summed E-state index contributed by atoms with van der Waals surface area (Å²) in [6.07, 6.45) is 1.47. The van der Waals surface area contributed by atoms with Crippen LogP contribution in [0.5, 0.6) is 5.75 Å². The van der Waals surface area contributed by atoms with Crippen LogP contribution in [0.2, 0.25) is 0 Å². The molecule has 7 heteroatoms. The third kappa shape index (κ3) is 4.70. The smallest absolute Gasteiger partial charge is 0.260 e. The molecule has 0 fully saturated rings. The fraction of sp³-hybridized carbons (Fsp3) is 0.188. The average Bonchev–Trinajstić information content (AvgIpc) is 2.58. The van der Waals surface area contributed by atoms with E-state index in [-0.39, 0.29) is 24.6 Å². The van der Waals surface area contributed by atoms with E-state index in [4.69, 9.17) is 4.74 Å². The number of hydrogen-bond donors (Lipinski definition) is 3. The van der Waals surface area contributed by atoms with Crippen molar-refractivity contribution in [1.29, 1.82) is 0 Å². The molecule has 23 heavy (non-hydrogen) atoms. The molecule has 1 heterocycles. The zero-order valence-electron chi connectivity index (χ0n) is 12.6. The lowest BCUT2D eigenvalue weighted by Gasteiger charge is -2.07. The number of likely N-dealkylation sites (N-methyl/N-ethyl adjacent to an activating group) is 1. The first-order valence-electron chi connectivity index (χ1n) is 6.98. The second-order valence-electron chi connectivity index (χ2n) is 4.70. The van der Waals surface area contributed by atoms with E-state index in [0.29, 0.717) is 5.75 Å². The molecular formula is C16H17N3O4. The summed E-state index contributed by atoms with van der Waals surface area (Å²) in [6.45, 7) is 0.228. The van der Waals surface area contributed by atoms with Crippen LogP contribution in [-0.2, 0) is 11.3 Å². The van der Waals surface area contributed by atoms with Crippen molar-refractivity contribution in [2.45, 2.75) is 6.54 Å². The first kappa shape index (κ1) is 16.3. The number of H-pyrrole nitrogens is 1. The predicted molar refractivity (Wildman–Crippen MR) is 84.2 cm³/mol. The second-order valence-corrected chi connectivity index (χ2v) is 4.70. The molecule has 0 atom stereocenters. The van der Waals surface area contributed by atoms with Crippen molar-refractivity contribution in [2.24, 2.45) is 0 Å². The van der Waals surface area contributed by atoms with E-state index < -0.39 is 11.5 Å². The molecule has 2 amide bonds. The Morgan fingerprint density at radius 1 is 1.17 bits per heavy atom. The SMILES string of the molecule is CNC(=O)COc1ccc(CNC(=O)c2ccc[nH]c2=O)cc1. The van der Waals surface area contributed by atoms with Crippen LogP contribution in [0.3, 0.4) is 0 Å². The van der Waals surface area contributed by atoms with Gasteiger partial charge in [-0.3, -0.25) is 14.4 Å². The van der Waals surface area contributed by atoms with E-state index in [1.54, 1.807) is 30.3 Å². The Bertz CT molecular complexity index is 737. The molecule has 0 aliphatic heterocycles. The van der Waals surface area contributed by atoms with Gasteiger partial charge in [0, 0.05) is 19.8 Å². The number of aromatic amines is 1. The third-order valence-corrected chi connectivity index (χ3v) is 3.09. The van der Waals surface area contributed by atoms with Gasteiger partial charge in [0.25, 0.3) is 17.4 Å². The van der Waals surface area contributed by atoms with Gasteiger partial charge in [-0.2, -0.15) is 0 Å². The highest BCUT2D eigenvalue weighted by Crippen LogP contribution is 2.12. The molecule has 0 saturated heterocycles. The molecular weight excluding hydrogens is 298 g/mol. The number of benzene rings is 1. The quantitative estimate of drug-likeness (QED) is 0.719. The van der Waals surface area contributed by atoms with E-state index in [2.05, 4.69) is 15.6 Å². The Morgan fingerprint density at radius 3 is 2.57 bits per heavy atom. The summed E-state index contributed by atoms with van der Waals surface area (Å²) in [5, 5.41) is 5.13. The van der Waals surface area contributed by atoms with Gasteiger partial charge in [0.2, 0.25) is 0 Å². The van der Waals surface area contributed by atoms with E-state index in [0.717, 1.165) is 5.56 Å². The molecule has 2 aromatic rings. The summed E-state index contributed by atoms with van der Waals surface area (Å²) in [5.74, 6) is -0.0932. The number of hydrogen-bond acceptors (Lipinski definition) is 4. The van der Waals surface area contributed by atoms with Crippen molar-refractivity contribution in [3.63, 3.8) is 0 Å². The Morgan fingerprint density at radius 2 is 1.91 bits per heavy atom. The number of amides is 2. The van der Waals surface area contributed by atoms with Crippen molar-refractivity contribution in [3.8, 4) is 5.75 Å². The molecule has 3 N–H and O–H groups in total. The number of ether oxygens (including phenoxy) is 1. The molecule has 0 unspecified atom stereocenters. The van der Waals surface area contributed by atoms with Crippen LogP contribution in [-0.4, -0.2) is 30.5 Å². The second kappa shape index (κ2) is 7.79. The van der Waals surface area contributed by atoms with E-state index >= 15 is 0 Å². The van der Waals surface area contributed by atoms with Crippen molar-refractivity contribution < 1.29 is 14.3 Å². The van der Waals surface area contributed by atoms with Crippen LogP contribution in [0.25, 0.3) is 0 Å². The Labute approximate surface area is 132 Å². The van der Waals surface area contributed by atoms with Crippen molar-refractivity contribution in [1.82, 2.24) is 15.6 Å². The highest BCUT2D eigenvalue weighted by Gasteiger charge is 2.09. The Kier molecular flexibility index (Phi) is 5.51. The number of pyridine rings is 1. The van der Waals surface area contributed by atoms with Gasteiger partial charge in [-0.25, -0.2) is 0 Å². The van der Waals surface area contributed by atoms with Crippen LogP contribution < -0.4 is 20.9 Å². The van der Waals surface area contributed by atoms with E-state index in [1.165, 1.54) is 19.3 Å². The number of carbonyl (C=O) groups is 2. The predicted octanol–water partition coefficient (Wildman–Crippen LogP) is 0.430. The van der Waals surface area contributed by atoms with Crippen molar-refractivity contribution in [2.75, 3.05) is 13.7 Å². The average molecular weight is 315 g/mol. The number of aromatic nitrogens is 1. The number of nitrogens with one attached hydrogen (secondary N) is 3. The highest BCUT2D eigenvalue weighted by molar-refractivity contribution is 5.93. The molecule has 7 nitrogen and oxygen atoms in total. The number of carbonyl (C=O) groups excluding carboxylic acids is 2. The van der Waals surface area contributed by atoms with Gasteiger partial charge in [-0.15, -0.1) is 0 Å². The molecule has 1 aromatic heterocycles. The molecule has 0 bridgehead atoms. The number of rotatable bonds is 6. The van der Waals surface area contributed by atoms with Crippen LogP contribution >= 0.6 is 0 Å². The first-order valence-corrected chi connectivity index (χ1v) is 6.98. The maximum absolute atomic E-state index is 11.9. The van der Waals surface area contributed by atoms with Gasteiger partial charge in [0.05, 0.1) is 0 Å². The molecule has 0 aliphatic carbocycles. The fourth-order valence-electron chi connectivity index (χ4n) is 1.80. The molecule has 0 aliphatic rings. The van der Waals surface area contributed by atoms with Gasteiger partial charge < -0.3 is 20.4 Å². The lowest BCUT2D eigenvalue weighted by atomic mass is 10.2. The minimum atomic E-state index is -0.438. The molecule has 0 saturated carbocycles. The fourth-order valence-corrected chi connectivity index (χ4v) is 1.80. The maximum atomic E-state index is 11.9. The molecule has 120 valence electrons. The minimum Gasteiger partial charge on any atom is -0.484 e. The Balaban J connectivity index is 1.89. The normalized spacial score (nSPS) is 9.96. The minimum absolute atomic E-state index is 0.0522. The van der Waals surface area contributed by atoms with Gasteiger partial charge >= 0.3 is 0 Å². The van der Waals surface area contributed by atoms with E-state index in [9.17, 15) is 14.4 Å². The van der Waals surface area contributed by atoms with Gasteiger partial charge in [-0.1, -0.05) is 12.1 Å². The zero-order chi connectivity index (χ0) is 16.7. The maximum Gasteiger partial charge on any atom is 0.260 e. The highest BCUT2D eigenvalue weighted by atomic mass is 16.5. The lowest BCUT2D eigenvalue weighted by molar-refractivity contribution is -0.122. The summed E-state index contributed by atoms with van der Waals surface area (Å²) < 4.78 is 5.28. The largest absolute Gasteiger partial charge is 0.484 e. The summed E-state index contributed by atoms with van der Waals surface area (Å²) in [6, 6.07) is 10.0. The standard InChI is InChI=1S/C16H17N3O4/c1-17-14(20)10-23-12-6-4-11(5-7-12)9-19-16(22)13-3-2-8-18-15(13)21/h2-8H,9-10H2,1H3,(H,17,20)(H,18,21)(H,19,22). The van der Waals surface area contributed by atoms with Crippen LogP contribution in [0.15, 0.2) is 47.4 Å². The topological polar surface area (TPSA) is 100 Å².